The van der Waals surface area contributed by atoms with Crippen LogP contribution in [0, 0.1) is 0 Å². The van der Waals surface area contributed by atoms with E-state index in [2.05, 4.69) is 40.1 Å². The van der Waals surface area contributed by atoms with Crippen LogP contribution in [0.4, 0.5) is 0 Å². The van der Waals surface area contributed by atoms with Gasteiger partial charge in [-0.3, -0.25) is 4.90 Å². The summed E-state index contributed by atoms with van der Waals surface area (Å²) in [5, 5.41) is 0.867. The van der Waals surface area contributed by atoms with Crippen LogP contribution in [0.1, 0.15) is 67.2 Å². The number of nitrogens with zero attached hydrogens (tertiary/aromatic N) is 2. The van der Waals surface area contributed by atoms with Crippen LogP contribution in [-0.4, -0.2) is 49.1 Å². The Bertz CT molecular complexity index is 864. The van der Waals surface area contributed by atoms with Gasteiger partial charge in [0.1, 0.15) is 5.75 Å². The Labute approximate surface area is 186 Å². The van der Waals surface area contributed by atoms with Crippen molar-refractivity contribution in [2.75, 3.05) is 39.3 Å². The third-order valence-electron chi connectivity index (χ3n) is 7.19. The first kappa shape index (κ1) is 20.4. The summed E-state index contributed by atoms with van der Waals surface area (Å²) in [7, 11) is 0. The van der Waals surface area contributed by atoms with Gasteiger partial charge in [0.25, 0.3) is 0 Å². The van der Waals surface area contributed by atoms with E-state index in [0.29, 0.717) is 6.04 Å². The lowest BCUT2D eigenvalue weighted by atomic mass is 9.81. The molecule has 2 atom stereocenters. The zero-order chi connectivity index (χ0) is 20.3. The fourth-order valence-corrected chi connectivity index (χ4v) is 6.01. The highest BCUT2D eigenvalue weighted by Crippen LogP contribution is 2.48. The standard InChI is InChI=1S/C26H33ClN2O/c27-23-11-3-2-9-20(23)22-19-29-17-7-12-24(29)21-10-6-13-25(26(21)22)30-18-8-16-28-14-4-1-5-15-28/h2-3,6,9-11,13,22,24H,1,4-5,7-8,12,14-19H2/t22-,24+/m1/s1. The second-order valence-corrected chi connectivity index (χ2v) is 9.50. The van der Waals surface area contributed by atoms with Gasteiger partial charge >= 0.3 is 0 Å². The second-order valence-electron chi connectivity index (χ2n) is 9.09. The predicted octanol–water partition coefficient (Wildman–Crippen LogP) is 5.88. The normalized spacial score (nSPS) is 24.4. The minimum Gasteiger partial charge on any atom is -0.493 e. The maximum absolute atomic E-state index is 6.67. The summed E-state index contributed by atoms with van der Waals surface area (Å²) in [5.41, 5.74) is 4.07. The number of piperidine rings is 1. The molecular formula is C26H33ClN2O. The first-order valence-corrected chi connectivity index (χ1v) is 12.2. The number of fused-ring (bicyclic) bond motifs is 3. The van der Waals surface area contributed by atoms with E-state index in [1.807, 2.05) is 12.1 Å². The average molecular weight is 425 g/mol. The van der Waals surface area contributed by atoms with E-state index in [1.54, 1.807) is 0 Å². The van der Waals surface area contributed by atoms with Gasteiger partial charge in [-0.2, -0.15) is 0 Å². The topological polar surface area (TPSA) is 15.7 Å². The molecule has 3 nitrogen and oxygen atoms in total. The van der Waals surface area contributed by atoms with Crippen LogP contribution < -0.4 is 4.74 Å². The molecule has 0 unspecified atom stereocenters. The Morgan fingerprint density at radius 1 is 0.900 bits per heavy atom. The number of hydrogen-bond donors (Lipinski definition) is 0. The summed E-state index contributed by atoms with van der Waals surface area (Å²) in [4.78, 5) is 5.24. The quantitative estimate of drug-likeness (QED) is 0.538. The zero-order valence-electron chi connectivity index (χ0n) is 17.9. The molecule has 4 heteroatoms. The molecule has 3 aliphatic rings. The van der Waals surface area contributed by atoms with Gasteiger partial charge in [0, 0.05) is 35.6 Å². The molecule has 0 radical (unpaired) electrons. The molecule has 30 heavy (non-hydrogen) atoms. The first-order chi connectivity index (χ1) is 14.8. The van der Waals surface area contributed by atoms with E-state index in [-0.39, 0.29) is 5.92 Å². The lowest BCUT2D eigenvalue weighted by molar-refractivity contribution is 0.200. The van der Waals surface area contributed by atoms with Crippen LogP contribution >= 0.6 is 11.6 Å². The molecule has 2 saturated heterocycles. The van der Waals surface area contributed by atoms with E-state index in [1.165, 1.54) is 68.4 Å². The van der Waals surface area contributed by atoms with Gasteiger partial charge in [-0.15, -0.1) is 0 Å². The number of benzene rings is 2. The zero-order valence-corrected chi connectivity index (χ0v) is 18.6. The third-order valence-corrected chi connectivity index (χ3v) is 7.54. The molecule has 0 N–H and O–H groups in total. The summed E-state index contributed by atoms with van der Waals surface area (Å²) >= 11 is 6.67. The minimum atomic E-state index is 0.279. The van der Waals surface area contributed by atoms with Gasteiger partial charge in [0.05, 0.1) is 6.61 Å². The summed E-state index contributed by atoms with van der Waals surface area (Å²) in [5.74, 6) is 1.35. The van der Waals surface area contributed by atoms with Gasteiger partial charge in [0.2, 0.25) is 0 Å². The van der Waals surface area contributed by atoms with Crippen LogP contribution in [0.3, 0.4) is 0 Å². The van der Waals surface area contributed by atoms with Gasteiger partial charge in [-0.05, 0) is 75.0 Å². The molecule has 160 valence electrons. The number of ether oxygens (including phenoxy) is 1. The fraction of sp³-hybridized carbons (Fsp3) is 0.538. The van der Waals surface area contributed by atoms with E-state index in [4.69, 9.17) is 16.3 Å². The van der Waals surface area contributed by atoms with E-state index >= 15 is 0 Å². The van der Waals surface area contributed by atoms with Crippen molar-refractivity contribution in [1.82, 2.24) is 9.80 Å². The van der Waals surface area contributed by atoms with E-state index in [9.17, 15) is 0 Å². The molecule has 0 aliphatic carbocycles. The van der Waals surface area contributed by atoms with Crippen LogP contribution in [0.2, 0.25) is 5.02 Å². The molecule has 5 rings (SSSR count). The van der Waals surface area contributed by atoms with Crippen molar-refractivity contribution >= 4 is 11.6 Å². The molecule has 2 fully saturated rings. The number of likely N-dealkylation sites (tertiary alicyclic amines) is 1. The van der Waals surface area contributed by atoms with Crippen molar-refractivity contribution in [2.24, 2.45) is 0 Å². The van der Waals surface area contributed by atoms with Crippen molar-refractivity contribution < 1.29 is 4.74 Å². The Morgan fingerprint density at radius 3 is 2.60 bits per heavy atom. The molecular weight excluding hydrogens is 392 g/mol. The van der Waals surface area contributed by atoms with Crippen molar-refractivity contribution in [1.29, 1.82) is 0 Å². The van der Waals surface area contributed by atoms with Gasteiger partial charge in [0.15, 0.2) is 0 Å². The van der Waals surface area contributed by atoms with Crippen molar-refractivity contribution in [3.63, 3.8) is 0 Å². The van der Waals surface area contributed by atoms with Crippen LogP contribution in [-0.2, 0) is 0 Å². The maximum atomic E-state index is 6.67. The molecule has 0 spiro atoms. The van der Waals surface area contributed by atoms with Gasteiger partial charge in [-0.25, -0.2) is 0 Å². The summed E-state index contributed by atoms with van der Waals surface area (Å²) in [6, 6.07) is 15.6. The largest absolute Gasteiger partial charge is 0.493 e. The maximum Gasteiger partial charge on any atom is 0.123 e. The Kier molecular flexibility index (Phi) is 6.31. The number of rotatable bonds is 6. The van der Waals surface area contributed by atoms with E-state index in [0.717, 1.165) is 36.9 Å². The van der Waals surface area contributed by atoms with Crippen molar-refractivity contribution in [3.05, 3.63) is 64.2 Å². The summed E-state index contributed by atoms with van der Waals surface area (Å²) < 4.78 is 6.45. The molecule has 0 saturated carbocycles. The predicted molar refractivity (Wildman–Crippen MR) is 124 cm³/mol. The molecule has 0 bridgehead atoms. The minimum absolute atomic E-state index is 0.279. The molecule has 3 aliphatic heterocycles. The SMILES string of the molecule is Clc1ccccc1[C@H]1CN2CCC[C@H]2c2cccc(OCCCN3CCCCC3)c21. The van der Waals surface area contributed by atoms with Crippen molar-refractivity contribution in [2.45, 2.75) is 50.5 Å². The van der Waals surface area contributed by atoms with Crippen LogP contribution in [0.15, 0.2) is 42.5 Å². The summed E-state index contributed by atoms with van der Waals surface area (Å²) in [6.07, 6.45) is 7.72. The Hall–Kier alpha value is -1.55. The molecule has 2 aromatic carbocycles. The van der Waals surface area contributed by atoms with Crippen LogP contribution in [0.25, 0.3) is 0 Å². The highest BCUT2D eigenvalue weighted by atomic mass is 35.5. The molecule has 0 aromatic heterocycles. The first-order valence-electron chi connectivity index (χ1n) is 11.8. The van der Waals surface area contributed by atoms with E-state index < -0.39 is 0 Å². The molecule has 3 heterocycles. The highest BCUT2D eigenvalue weighted by Gasteiger charge is 2.38. The Morgan fingerprint density at radius 2 is 1.73 bits per heavy atom. The molecule has 0 amide bonds. The van der Waals surface area contributed by atoms with Crippen LogP contribution in [0.5, 0.6) is 5.75 Å². The second kappa shape index (κ2) is 9.30. The fourth-order valence-electron chi connectivity index (χ4n) is 5.74. The summed E-state index contributed by atoms with van der Waals surface area (Å²) in [6.45, 7) is 6.68. The lowest BCUT2D eigenvalue weighted by Crippen LogP contribution is -2.35. The third kappa shape index (κ3) is 4.12. The van der Waals surface area contributed by atoms with Gasteiger partial charge < -0.3 is 9.64 Å². The number of hydrogen-bond acceptors (Lipinski definition) is 3. The van der Waals surface area contributed by atoms with Gasteiger partial charge in [-0.1, -0.05) is 48.4 Å². The average Bonchev–Trinajstić information content (AvgIpc) is 3.26. The smallest absolute Gasteiger partial charge is 0.123 e. The number of halogens is 1. The lowest BCUT2D eigenvalue weighted by Gasteiger charge is -2.38. The molecule has 2 aromatic rings. The highest BCUT2D eigenvalue weighted by molar-refractivity contribution is 6.31. The van der Waals surface area contributed by atoms with Crippen molar-refractivity contribution in [3.8, 4) is 5.75 Å². The monoisotopic (exact) mass is 424 g/mol. The Balaban J connectivity index is 1.38.